The molecule has 3 nitrogen and oxygen atoms in total. The summed E-state index contributed by atoms with van der Waals surface area (Å²) in [7, 11) is 0. The van der Waals surface area contributed by atoms with Gasteiger partial charge in [-0.3, -0.25) is 10.1 Å². The van der Waals surface area contributed by atoms with E-state index < -0.39 is 0 Å². The number of rotatable bonds is 3. The van der Waals surface area contributed by atoms with Gasteiger partial charge in [0, 0.05) is 16.9 Å². The van der Waals surface area contributed by atoms with Crippen LogP contribution in [-0.2, 0) is 10.2 Å². The van der Waals surface area contributed by atoms with Crippen molar-refractivity contribution in [2.24, 2.45) is 0 Å². The summed E-state index contributed by atoms with van der Waals surface area (Å²) in [6, 6.07) is 5.93. The number of hydrogen-bond donors (Lipinski definition) is 1. The Kier molecular flexibility index (Phi) is 4.53. The molecule has 1 amide bonds. The van der Waals surface area contributed by atoms with Crippen LogP contribution < -0.4 is 5.32 Å². The molecule has 0 aliphatic rings. The predicted octanol–water partition coefficient (Wildman–Crippen LogP) is 4.23. The molecule has 0 atom stereocenters. The summed E-state index contributed by atoms with van der Waals surface area (Å²) in [5.74, 6) is -0.553. The van der Waals surface area contributed by atoms with Crippen LogP contribution in [0.5, 0.6) is 0 Å². The molecule has 1 N–H and O–H groups in total. The van der Waals surface area contributed by atoms with Crippen LogP contribution in [0.25, 0.3) is 6.08 Å². The molecule has 0 saturated heterocycles. The van der Waals surface area contributed by atoms with Gasteiger partial charge in [0.1, 0.15) is 5.82 Å². The van der Waals surface area contributed by atoms with Gasteiger partial charge in [0.05, 0.1) is 5.69 Å². The largest absolute Gasteiger partial charge is 0.298 e. The Labute approximate surface area is 127 Å². The summed E-state index contributed by atoms with van der Waals surface area (Å²) < 4.78 is 12.8. The van der Waals surface area contributed by atoms with Gasteiger partial charge < -0.3 is 0 Å². The number of amides is 1. The first-order valence-electron chi connectivity index (χ1n) is 6.55. The van der Waals surface area contributed by atoms with Gasteiger partial charge in [-0.15, -0.1) is 11.3 Å². The molecule has 0 aliphatic carbocycles. The number of benzene rings is 1. The van der Waals surface area contributed by atoms with Gasteiger partial charge in [-0.25, -0.2) is 9.37 Å². The number of nitrogens with one attached hydrogen (secondary N) is 1. The van der Waals surface area contributed by atoms with Gasteiger partial charge in [0.15, 0.2) is 5.13 Å². The number of nitrogens with zero attached hydrogens (tertiary/aromatic N) is 1. The van der Waals surface area contributed by atoms with E-state index in [2.05, 4.69) is 31.1 Å². The van der Waals surface area contributed by atoms with Crippen LogP contribution in [-0.4, -0.2) is 10.9 Å². The fraction of sp³-hybridized carbons (Fsp3) is 0.250. The Bertz CT molecular complexity index is 654. The van der Waals surface area contributed by atoms with Crippen LogP contribution in [0.3, 0.4) is 0 Å². The smallest absolute Gasteiger partial charge is 0.250 e. The van der Waals surface area contributed by atoms with Crippen LogP contribution in [0.1, 0.15) is 32.0 Å². The van der Waals surface area contributed by atoms with E-state index in [-0.39, 0.29) is 17.1 Å². The Balaban J connectivity index is 1.98. The Morgan fingerprint density at radius 3 is 2.52 bits per heavy atom. The zero-order valence-electron chi connectivity index (χ0n) is 12.2. The molecule has 0 bridgehead atoms. The lowest BCUT2D eigenvalue weighted by molar-refractivity contribution is -0.111. The van der Waals surface area contributed by atoms with Crippen molar-refractivity contribution >= 4 is 28.5 Å². The van der Waals surface area contributed by atoms with E-state index in [0.717, 1.165) is 11.3 Å². The number of halogens is 1. The van der Waals surface area contributed by atoms with Crippen molar-refractivity contribution in [3.05, 3.63) is 52.8 Å². The van der Waals surface area contributed by atoms with Gasteiger partial charge in [0.25, 0.3) is 0 Å². The summed E-state index contributed by atoms with van der Waals surface area (Å²) in [5.41, 5.74) is 1.68. The van der Waals surface area contributed by atoms with Crippen LogP contribution in [0.4, 0.5) is 9.52 Å². The Morgan fingerprint density at radius 1 is 1.29 bits per heavy atom. The second kappa shape index (κ2) is 6.18. The second-order valence-electron chi connectivity index (χ2n) is 5.66. The molecule has 0 fully saturated rings. The molecule has 0 spiro atoms. The Morgan fingerprint density at radius 2 is 1.95 bits per heavy atom. The molecule has 0 unspecified atom stereocenters. The molecule has 0 aliphatic heterocycles. The maximum absolute atomic E-state index is 12.8. The van der Waals surface area contributed by atoms with Crippen molar-refractivity contribution in [1.82, 2.24) is 4.98 Å². The first-order chi connectivity index (χ1) is 9.84. The minimum absolute atomic E-state index is 0.0383. The summed E-state index contributed by atoms with van der Waals surface area (Å²) in [6.45, 7) is 6.21. The molecule has 1 aromatic carbocycles. The van der Waals surface area contributed by atoms with Crippen LogP contribution in [0, 0.1) is 5.82 Å². The monoisotopic (exact) mass is 304 g/mol. The predicted molar refractivity (Wildman–Crippen MR) is 84.9 cm³/mol. The van der Waals surface area contributed by atoms with E-state index in [1.807, 2.05) is 5.38 Å². The SMILES string of the molecule is CC(C)(C)c1csc(NC(=O)/C=C/c2ccc(F)cc2)n1. The van der Waals surface area contributed by atoms with E-state index in [1.54, 1.807) is 18.2 Å². The van der Waals surface area contributed by atoms with E-state index in [9.17, 15) is 9.18 Å². The van der Waals surface area contributed by atoms with Crippen molar-refractivity contribution in [3.63, 3.8) is 0 Å². The van der Waals surface area contributed by atoms with Gasteiger partial charge in [-0.1, -0.05) is 32.9 Å². The van der Waals surface area contributed by atoms with Gasteiger partial charge >= 0.3 is 0 Å². The van der Waals surface area contributed by atoms with E-state index >= 15 is 0 Å². The molecule has 110 valence electrons. The molecule has 1 heterocycles. The molecule has 21 heavy (non-hydrogen) atoms. The number of carbonyl (C=O) groups is 1. The molecular weight excluding hydrogens is 287 g/mol. The zero-order valence-corrected chi connectivity index (χ0v) is 13.0. The average Bonchev–Trinajstić information content (AvgIpc) is 2.86. The molecule has 0 saturated carbocycles. The number of thiazole rings is 1. The fourth-order valence-electron chi connectivity index (χ4n) is 1.57. The standard InChI is InChI=1S/C16H17FN2OS/c1-16(2,3)13-10-21-15(18-13)19-14(20)9-6-11-4-7-12(17)8-5-11/h4-10H,1-3H3,(H,18,19,20)/b9-6+. The van der Waals surface area contributed by atoms with Crippen LogP contribution in [0.15, 0.2) is 35.7 Å². The van der Waals surface area contributed by atoms with E-state index in [0.29, 0.717) is 5.13 Å². The third kappa shape index (κ3) is 4.49. The van der Waals surface area contributed by atoms with Crippen molar-refractivity contribution < 1.29 is 9.18 Å². The molecule has 5 heteroatoms. The first-order valence-corrected chi connectivity index (χ1v) is 7.43. The maximum Gasteiger partial charge on any atom is 0.250 e. The van der Waals surface area contributed by atoms with Crippen molar-refractivity contribution in [2.75, 3.05) is 5.32 Å². The third-order valence-electron chi connectivity index (χ3n) is 2.80. The maximum atomic E-state index is 12.8. The molecule has 2 aromatic rings. The second-order valence-corrected chi connectivity index (χ2v) is 6.52. The molecule has 0 radical (unpaired) electrons. The lowest BCUT2D eigenvalue weighted by atomic mass is 9.93. The molecular formula is C16H17FN2OS. The lowest BCUT2D eigenvalue weighted by Crippen LogP contribution is -2.12. The third-order valence-corrected chi connectivity index (χ3v) is 3.56. The lowest BCUT2D eigenvalue weighted by Gasteiger charge is -2.14. The highest BCUT2D eigenvalue weighted by Gasteiger charge is 2.17. The van der Waals surface area contributed by atoms with Crippen molar-refractivity contribution in [1.29, 1.82) is 0 Å². The highest BCUT2D eigenvalue weighted by molar-refractivity contribution is 7.14. The highest BCUT2D eigenvalue weighted by Crippen LogP contribution is 2.26. The minimum Gasteiger partial charge on any atom is -0.298 e. The van der Waals surface area contributed by atoms with Crippen molar-refractivity contribution in [2.45, 2.75) is 26.2 Å². The van der Waals surface area contributed by atoms with Gasteiger partial charge in [0.2, 0.25) is 5.91 Å². The molecule has 2 rings (SSSR count). The number of aromatic nitrogens is 1. The first kappa shape index (κ1) is 15.4. The quantitative estimate of drug-likeness (QED) is 0.862. The summed E-state index contributed by atoms with van der Waals surface area (Å²) in [5, 5.41) is 5.24. The van der Waals surface area contributed by atoms with Gasteiger partial charge in [-0.05, 0) is 23.8 Å². The Hall–Kier alpha value is -2.01. The normalized spacial score (nSPS) is 11.8. The van der Waals surface area contributed by atoms with E-state index in [4.69, 9.17) is 0 Å². The van der Waals surface area contributed by atoms with Crippen LogP contribution in [0.2, 0.25) is 0 Å². The minimum atomic E-state index is -0.297. The zero-order chi connectivity index (χ0) is 15.5. The van der Waals surface area contributed by atoms with E-state index in [1.165, 1.54) is 29.5 Å². The molecule has 1 aromatic heterocycles. The van der Waals surface area contributed by atoms with Crippen molar-refractivity contribution in [3.8, 4) is 0 Å². The van der Waals surface area contributed by atoms with Crippen LogP contribution >= 0.6 is 11.3 Å². The van der Waals surface area contributed by atoms with Gasteiger partial charge in [-0.2, -0.15) is 0 Å². The topological polar surface area (TPSA) is 42.0 Å². The summed E-state index contributed by atoms with van der Waals surface area (Å²) >= 11 is 1.40. The highest BCUT2D eigenvalue weighted by atomic mass is 32.1. The average molecular weight is 304 g/mol. The number of carbonyl (C=O) groups excluding carboxylic acids is 1. The number of anilines is 1. The number of hydrogen-bond acceptors (Lipinski definition) is 3. The fourth-order valence-corrected chi connectivity index (χ4v) is 2.51. The summed E-state index contributed by atoms with van der Waals surface area (Å²) in [4.78, 5) is 16.2. The summed E-state index contributed by atoms with van der Waals surface area (Å²) in [6.07, 6.45) is 3.04.